The van der Waals surface area contributed by atoms with Crippen LogP contribution in [-0.2, 0) is 31.0 Å². The number of ether oxygens (including phenoxy) is 2. The van der Waals surface area contributed by atoms with Crippen molar-refractivity contribution in [1.82, 2.24) is 40.0 Å². The first-order valence-corrected chi connectivity index (χ1v) is 11.8. The summed E-state index contributed by atoms with van der Waals surface area (Å²) in [5.41, 5.74) is 1.24. The first kappa shape index (κ1) is 22.8. The lowest BCUT2D eigenvalue weighted by atomic mass is 10.1. The smallest absolute Gasteiger partial charge is 0.251 e. The van der Waals surface area contributed by atoms with Gasteiger partial charge in [0, 0.05) is 38.2 Å². The highest BCUT2D eigenvalue weighted by atomic mass is 35.5. The van der Waals surface area contributed by atoms with Gasteiger partial charge in [-0.25, -0.2) is 9.67 Å². The Balaban J connectivity index is 1.38. The third kappa shape index (κ3) is 5.06. The normalized spacial score (nSPS) is 21.6. The van der Waals surface area contributed by atoms with E-state index in [1.165, 1.54) is 0 Å². The Kier molecular flexibility index (Phi) is 6.75. The van der Waals surface area contributed by atoms with E-state index in [1.54, 1.807) is 29.2 Å². The van der Waals surface area contributed by atoms with Gasteiger partial charge in [-0.1, -0.05) is 16.8 Å². The van der Waals surface area contributed by atoms with E-state index in [2.05, 4.69) is 30.6 Å². The fourth-order valence-corrected chi connectivity index (χ4v) is 4.46. The minimum Gasteiger partial charge on any atom is -0.492 e. The van der Waals surface area contributed by atoms with Crippen LogP contribution in [0.2, 0.25) is 5.02 Å². The molecule has 5 rings (SSSR count). The number of carbonyl (C=O) groups is 1. The monoisotopic (exact) mass is 486 g/mol. The van der Waals surface area contributed by atoms with Crippen LogP contribution >= 0.6 is 11.6 Å². The number of hydrogen-bond donors (Lipinski definition) is 1. The lowest BCUT2D eigenvalue weighted by molar-refractivity contribution is 0.0292. The van der Waals surface area contributed by atoms with Crippen molar-refractivity contribution in [3.63, 3.8) is 0 Å². The molecule has 34 heavy (non-hydrogen) atoms. The second kappa shape index (κ2) is 10.1. The van der Waals surface area contributed by atoms with Crippen molar-refractivity contribution < 1.29 is 14.3 Å². The molecular formula is C22H27ClN8O3. The predicted molar refractivity (Wildman–Crippen MR) is 122 cm³/mol. The zero-order valence-electron chi connectivity index (χ0n) is 18.9. The first-order chi connectivity index (χ1) is 16.6. The van der Waals surface area contributed by atoms with Crippen LogP contribution < -0.4 is 10.1 Å². The van der Waals surface area contributed by atoms with Crippen LogP contribution in [0.4, 0.5) is 0 Å². The molecule has 0 unspecified atom stereocenters. The van der Waals surface area contributed by atoms with Gasteiger partial charge >= 0.3 is 0 Å². The Morgan fingerprint density at radius 3 is 3.09 bits per heavy atom. The number of fused-ring (bicyclic) bond motifs is 5. The lowest BCUT2D eigenvalue weighted by Gasteiger charge is -2.20. The number of hydrogen-bond acceptors (Lipinski definition) is 8. The molecule has 1 fully saturated rings. The summed E-state index contributed by atoms with van der Waals surface area (Å²) in [4.78, 5) is 19.7. The molecule has 180 valence electrons. The summed E-state index contributed by atoms with van der Waals surface area (Å²) in [5.74, 6) is 1.17. The molecule has 2 aliphatic rings. The van der Waals surface area contributed by atoms with Crippen molar-refractivity contribution in [2.45, 2.75) is 51.7 Å². The molecule has 0 aliphatic carbocycles. The average molecular weight is 487 g/mol. The van der Waals surface area contributed by atoms with Gasteiger partial charge in [-0.05, 0) is 25.1 Å². The van der Waals surface area contributed by atoms with E-state index in [0.717, 1.165) is 24.5 Å². The van der Waals surface area contributed by atoms with Crippen LogP contribution in [0.5, 0.6) is 5.75 Å². The molecule has 0 spiro atoms. The van der Waals surface area contributed by atoms with Gasteiger partial charge in [0.25, 0.3) is 5.91 Å². The highest BCUT2D eigenvalue weighted by Crippen LogP contribution is 2.26. The number of likely N-dealkylation sites (tertiary alicyclic amines) is 1. The fraction of sp³-hybridized carbons (Fsp3) is 0.500. The number of benzene rings is 1. The van der Waals surface area contributed by atoms with E-state index >= 15 is 0 Å². The van der Waals surface area contributed by atoms with Gasteiger partial charge < -0.3 is 14.8 Å². The number of amides is 1. The van der Waals surface area contributed by atoms with Gasteiger partial charge in [0.15, 0.2) is 0 Å². The molecule has 11 nitrogen and oxygen atoms in total. The summed E-state index contributed by atoms with van der Waals surface area (Å²) in [5, 5.41) is 16.3. The Morgan fingerprint density at radius 1 is 1.29 bits per heavy atom. The molecule has 12 heteroatoms. The molecule has 4 bridgehead atoms. The lowest BCUT2D eigenvalue weighted by Crippen LogP contribution is -2.44. The van der Waals surface area contributed by atoms with Crippen molar-refractivity contribution in [3.05, 3.63) is 52.8 Å². The molecule has 1 amide bonds. The summed E-state index contributed by atoms with van der Waals surface area (Å²) in [6, 6.07) is 4.86. The Hall–Kier alpha value is -3.02. The predicted octanol–water partition coefficient (Wildman–Crippen LogP) is 1.52. The van der Waals surface area contributed by atoms with Crippen molar-refractivity contribution in [3.8, 4) is 5.75 Å². The number of aryl methyl sites for hydroxylation is 2. The SMILES string of the molecule is CCn1ncnc1CN1C[C@@H]2NC(=O)c3ccc(Cl)c(c3)OCCCn3cc(nn3)CO[C@H]2C1. The maximum atomic E-state index is 13.1. The Morgan fingerprint density at radius 2 is 2.21 bits per heavy atom. The quantitative estimate of drug-likeness (QED) is 0.593. The summed E-state index contributed by atoms with van der Waals surface area (Å²) in [7, 11) is 0. The number of halogens is 1. The third-order valence-corrected chi connectivity index (χ3v) is 6.34. The van der Waals surface area contributed by atoms with E-state index in [9.17, 15) is 4.79 Å². The van der Waals surface area contributed by atoms with Gasteiger partial charge in [0.1, 0.15) is 23.6 Å². The van der Waals surface area contributed by atoms with Crippen molar-refractivity contribution >= 4 is 17.5 Å². The number of aromatic nitrogens is 6. The zero-order valence-corrected chi connectivity index (χ0v) is 19.7. The Bertz CT molecular complexity index is 1150. The molecule has 0 radical (unpaired) electrons. The number of nitrogens with zero attached hydrogens (tertiary/aromatic N) is 7. The van der Waals surface area contributed by atoms with Crippen LogP contribution in [0.3, 0.4) is 0 Å². The van der Waals surface area contributed by atoms with Crippen LogP contribution in [0.1, 0.15) is 35.2 Å². The number of rotatable bonds is 3. The van der Waals surface area contributed by atoms with Gasteiger partial charge in [0.2, 0.25) is 0 Å². The van der Waals surface area contributed by atoms with Crippen molar-refractivity contribution in [1.29, 1.82) is 0 Å². The topological polar surface area (TPSA) is 112 Å². The molecule has 1 aromatic carbocycles. The van der Waals surface area contributed by atoms with E-state index in [4.69, 9.17) is 21.1 Å². The standard InChI is InChI=1S/C22H27ClN8O3/c1-2-31-21(24-14-25-31)12-29-10-18-20(11-29)34-13-16-9-30(28-27-16)6-3-7-33-19-8-15(22(32)26-18)4-5-17(19)23/h4-5,8-9,14,18,20H,2-3,6-7,10-13H2,1H3,(H,26,32)/t18-,20-/m0/s1. The molecule has 2 atom stereocenters. The highest BCUT2D eigenvalue weighted by molar-refractivity contribution is 6.32. The van der Waals surface area contributed by atoms with Crippen LogP contribution in [0, 0.1) is 0 Å². The highest BCUT2D eigenvalue weighted by Gasteiger charge is 2.35. The summed E-state index contributed by atoms with van der Waals surface area (Å²) in [6.07, 6.45) is 3.95. The molecular weight excluding hydrogens is 460 g/mol. The van der Waals surface area contributed by atoms with Gasteiger partial charge in [0.05, 0.1) is 43.1 Å². The molecule has 4 heterocycles. The summed E-state index contributed by atoms with van der Waals surface area (Å²) >= 11 is 6.29. The summed E-state index contributed by atoms with van der Waals surface area (Å²) in [6.45, 7) is 6.08. The minimum atomic E-state index is -0.219. The number of nitrogens with one attached hydrogen (secondary N) is 1. The molecule has 1 saturated heterocycles. The van der Waals surface area contributed by atoms with Gasteiger partial charge in [-0.2, -0.15) is 5.10 Å². The van der Waals surface area contributed by atoms with Crippen molar-refractivity contribution in [2.24, 2.45) is 0 Å². The second-order valence-corrected chi connectivity index (χ2v) is 8.84. The zero-order chi connectivity index (χ0) is 23.5. The molecule has 0 saturated carbocycles. The van der Waals surface area contributed by atoms with Gasteiger partial charge in [-0.3, -0.25) is 14.4 Å². The first-order valence-electron chi connectivity index (χ1n) is 11.4. The molecule has 3 aromatic rings. The van der Waals surface area contributed by atoms with E-state index in [1.807, 2.05) is 17.8 Å². The molecule has 2 aromatic heterocycles. The largest absolute Gasteiger partial charge is 0.492 e. The van der Waals surface area contributed by atoms with Crippen LogP contribution in [0.15, 0.2) is 30.7 Å². The molecule has 2 aliphatic heterocycles. The Labute approximate surface area is 202 Å². The summed E-state index contributed by atoms with van der Waals surface area (Å²) < 4.78 is 15.7. The van der Waals surface area contributed by atoms with E-state index in [0.29, 0.717) is 55.7 Å². The maximum absolute atomic E-state index is 13.1. The van der Waals surface area contributed by atoms with E-state index < -0.39 is 0 Å². The van der Waals surface area contributed by atoms with E-state index in [-0.39, 0.29) is 18.1 Å². The van der Waals surface area contributed by atoms with Crippen LogP contribution in [-0.4, -0.2) is 72.4 Å². The second-order valence-electron chi connectivity index (χ2n) is 8.44. The minimum absolute atomic E-state index is 0.197. The number of carbonyl (C=O) groups excluding carboxylic acids is 1. The maximum Gasteiger partial charge on any atom is 0.251 e. The van der Waals surface area contributed by atoms with Crippen molar-refractivity contribution in [2.75, 3.05) is 19.7 Å². The van der Waals surface area contributed by atoms with Gasteiger partial charge in [-0.15, -0.1) is 5.10 Å². The molecule has 1 N–H and O–H groups in total. The van der Waals surface area contributed by atoms with Crippen LogP contribution in [0.25, 0.3) is 0 Å². The average Bonchev–Trinajstić information content (AvgIpc) is 3.56. The third-order valence-electron chi connectivity index (χ3n) is 6.03. The fourth-order valence-electron chi connectivity index (χ4n) is 4.29.